The zero-order valence-electron chi connectivity index (χ0n) is 17.0. The first kappa shape index (κ1) is 20.1. The molecule has 1 aliphatic carbocycles. The van der Waals surface area contributed by atoms with E-state index < -0.39 is 11.7 Å². The molecule has 3 rings (SSSR count). The number of pyridine rings is 1. The average molecular weight is 376 g/mol. The predicted octanol–water partition coefficient (Wildman–Crippen LogP) is 2.46. The summed E-state index contributed by atoms with van der Waals surface area (Å²) in [6.45, 7) is 11.4. The number of esters is 1. The van der Waals surface area contributed by atoms with Gasteiger partial charge in [0.05, 0.1) is 0 Å². The molecule has 3 unspecified atom stereocenters. The van der Waals surface area contributed by atoms with E-state index in [2.05, 4.69) is 26.9 Å². The van der Waals surface area contributed by atoms with Crippen molar-refractivity contribution < 1.29 is 14.6 Å². The van der Waals surface area contributed by atoms with E-state index in [4.69, 9.17) is 4.74 Å². The molecule has 1 saturated heterocycles. The van der Waals surface area contributed by atoms with E-state index in [9.17, 15) is 9.90 Å². The van der Waals surface area contributed by atoms with E-state index in [1.165, 1.54) is 12.6 Å². The van der Waals surface area contributed by atoms with Crippen LogP contribution in [-0.2, 0) is 9.53 Å². The first-order chi connectivity index (χ1) is 12.7. The van der Waals surface area contributed by atoms with E-state index in [-0.39, 0.29) is 11.4 Å². The highest BCUT2D eigenvalue weighted by atomic mass is 16.6. The van der Waals surface area contributed by atoms with Crippen LogP contribution in [0.3, 0.4) is 0 Å². The van der Waals surface area contributed by atoms with Gasteiger partial charge in [0, 0.05) is 63.6 Å². The number of hydrogen-bond donors (Lipinski definition) is 1. The summed E-state index contributed by atoms with van der Waals surface area (Å²) in [7, 11) is 0. The number of hydrogen-bond acceptors (Lipinski definition) is 6. The zero-order chi connectivity index (χ0) is 19.7. The van der Waals surface area contributed by atoms with Gasteiger partial charge in [-0.1, -0.05) is 20.8 Å². The van der Waals surface area contributed by atoms with Crippen molar-refractivity contribution in [2.24, 2.45) is 5.41 Å². The van der Waals surface area contributed by atoms with Crippen molar-refractivity contribution in [3.8, 4) is 0 Å². The smallest absolute Gasteiger partial charge is 0.303 e. The highest BCUT2D eigenvalue weighted by molar-refractivity contribution is 5.66. The van der Waals surface area contributed by atoms with Gasteiger partial charge in [-0.15, -0.1) is 0 Å². The van der Waals surface area contributed by atoms with E-state index in [0.717, 1.165) is 32.6 Å². The molecule has 0 bridgehead atoms. The summed E-state index contributed by atoms with van der Waals surface area (Å²) < 4.78 is 5.61. The average Bonchev–Trinajstić information content (AvgIpc) is 2.63. The number of carbonyl (C=O) groups excluding carboxylic acids is 1. The van der Waals surface area contributed by atoms with Crippen molar-refractivity contribution >= 4 is 11.7 Å². The number of aromatic nitrogens is 1. The second-order valence-electron chi connectivity index (χ2n) is 8.93. The Morgan fingerprint density at radius 3 is 2.41 bits per heavy atom. The molecular weight excluding hydrogens is 342 g/mol. The van der Waals surface area contributed by atoms with Gasteiger partial charge in [0.25, 0.3) is 0 Å². The van der Waals surface area contributed by atoms with Gasteiger partial charge in [-0.05, 0) is 30.4 Å². The number of nitrogens with zero attached hydrogens (tertiary/aromatic N) is 3. The topological polar surface area (TPSA) is 65.9 Å². The van der Waals surface area contributed by atoms with Crippen molar-refractivity contribution in [2.75, 3.05) is 31.1 Å². The summed E-state index contributed by atoms with van der Waals surface area (Å²) in [6, 6.07) is 4.45. The fraction of sp³-hybridized carbons (Fsp3) is 0.714. The van der Waals surface area contributed by atoms with E-state index in [0.29, 0.717) is 18.9 Å². The van der Waals surface area contributed by atoms with Crippen molar-refractivity contribution in [3.05, 3.63) is 24.5 Å². The molecule has 150 valence electrons. The lowest BCUT2D eigenvalue weighted by molar-refractivity contribution is -0.198. The van der Waals surface area contributed by atoms with E-state index >= 15 is 0 Å². The van der Waals surface area contributed by atoms with Crippen LogP contribution in [0, 0.1) is 5.41 Å². The molecule has 2 heterocycles. The van der Waals surface area contributed by atoms with Crippen LogP contribution in [-0.4, -0.2) is 64.9 Å². The first-order valence-electron chi connectivity index (χ1n) is 9.99. The molecule has 1 aromatic heterocycles. The maximum absolute atomic E-state index is 11.7. The van der Waals surface area contributed by atoms with Gasteiger partial charge in [0.2, 0.25) is 0 Å². The van der Waals surface area contributed by atoms with E-state index in [1.807, 2.05) is 33.2 Å². The number of ether oxygens (including phenoxy) is 1. The molecule has 2 aliphatic rings. The number of anilines is 1. The Kier molecular flexibility index (Phi) is 5.77. The van der Waals surface area contributed by atoms with Crippen molar-refractivity contribution in [3.63, 3.8) is 0 Å². The van der Waals surface area contributed by atoms with Crippen LogP contribution in [0.5, 0.6) is 0 Å². The predicted molar refractivity (Wildman–Crippen MR) is 106 cm³/mol. The normalized spacial score (nSPS) is 30.2. The quantitative estimate of drug-likeness (QED) is 0.819. The van der Waals surface area contributed by atoms with Crippen LogP contribution in [0.2, 0.25) is 0 Å². The lowest BCUT2D eigenvalue weighted by atomic mass is 9.65. The molecule has 27 heavy (non-hydrogen) atoms. The second-order valence-corrected chi connectivity index (χ2v) is 8.93. The van der Waals surface area contributed by atoms with Crippen LogP contribution in [0.15, 0.2) is 24.5 Å². The third-order valence-corrected chi connectivity index (χ3v) is 6.34. The third kappa shape index (κ3) is 4.27. The van der Waals surface area contributed by atoms with Gasteiger partial charge in [0.15, 0.2) is 0 Å². The van der Waals surface area contributed by atoms with Crippen LogP contribution < -0.4 is 4.90 Å². The molecule has 0 aromatic carbocycles. The summed E-state index contributed by atoms with van der Waals surface area (Å²) in [5.41, 5.74) is -0.0974. The molecule has 0 radical (unpaired) electrons. The highest BCUT2D eigenvalue weighted by Crippen LogP contribution is 2.44. The number of rotatable bonds is 3. The minimum absolute atomic E-state index is 0.314. The molecule has 3 atom stereocenters. The van der Waals surface area contributed by atoms with Crippen molar-refractivity contribution in [1.29, 1.82) is 0 Å². The zero-order valence-corrected chi connectivity index (χ0v) is 17.0. The molecule has 1 saturated carbocycles. The van der Waals surface area contributed by atoms with Gasteiger partial charge in [-0.3, -0.25) is 14.7 Å². The summed E-state index contributed by atoms with van der Waals surface area (Å²) >= 11 is 0. The lowest BCUT2D eigenvalue weighted by Gasteiger charge is -2.52. The third-order valence-electron chi connectivity index (χ3n) is 6.34. The molecule has 0 amide bonds. The largest absolute Gasteiger partial charge is 0.459 e. The summed E-state index contributed by atoms with van der Waals surface area (Å²) in [5.74, 6) is -0.314. The fourth-order valence-electron chi connectivity index (χ4n) is 4.54. The molecule has 6 heteroatoms. The minimum atomic E-state index is -0.978. The SMILES string of the molecule is CC(=O)OC1CC(N2CCN(c3ccncc3)CC2)CCC1(O)C(C)(C)C. The van der Waals surface area contributed by atoms with Crippen LogP contribution >= 0.6 is 0 Å². The molecule has 2 fully saturated rings. The summed E-state index contributed by atoms with van der Waals surface area (Å²) in [5, 5.41) is 11.3. The standard InChI is InChI=1S/C21H33N3O3/c1-16(25)27-19-15-18(5-8-21(19,26)20(2,3)4)24-13-11-23(12-14-24)17-6-9-22-10-7-17/h6-7,9-10,18-19,26H,5,8,11-15H2,1-4H3. The Balaban J connectivity index is 1.64. The number of aliphatic hydroxyl groups is 1. The Morgan fingerprint density at radius 1 is 1.22 bits per heavy atom. The molecule has 1 N–H and O–H groups in total. The minimum Gasteiger partial charge on any atom is -0.459 e. The molecule has 1 aliphatic heterocycles. The van der Waals surface area contributed by atoms with E-state index in [1.54, 1.807) is 0 Å². The second kappa shape index (κ2) is 7.76. The van der Waals surface area contributed by atoms with Gasteiger partial charge in [-0.2, -0.15) is 0 Å². The number of carbonyl (C=O) groups is 1. The molecule has 0 spiro atoms. The Labute approximate surface area is 162 Å². The molecule has 6 nitrogen and oxygen atoms in total. The Morgan fingerprint density at radius 2 is 1.85 bits per heavy atom. The maximum Gasteiger partial charge on any atom is 0.303 e. The van der Waals surface area contributed by atoms with Crippen LogP contribution in [0.4, 0.5) is 5.69 Å². The molecule has 1 aromatic rings. The highest BCUT2D eigenvalue weighted by Gasteiger charge is 2.52. The van der Waals surface area contributed by atoms with Crippen LogP contribution in [0.1, 0.15) is 47.0 Å². The van der Waals surface area contributed by atoms with Crippen LogP contribution in [0.25, 0.3) is 0 Å². The lowest BCUT2D eigenvalue weighted by Crippen LogP contribution is -2.61. The number of piperazine rings is 1. The maximum atomic E-state index is 11.7. The molecular formula is C21H33N3O3. The van der Waals surface area contributed by atoms with Gasteiger partial charge < -0.3 is 14.7 Å². The van der Waals surface area contributed by atoms with Crippen molar-refractivity contribution in [2.45, 2.75) is 64.7 Å². The van der Waals surface area contributed by atoms with Gasteiger partial charge >= 0.3 is 5.97 Å². The Hall–Kier alpha value is -1.66. The fourth-order valence-corrected chi connectivity index (χ4v) is 4.54. The Bertz CT molecular complexity index is 638. The summed E-state index contributed by atoms with van der Waals surface area (Å²) in [6.07, 6.45) is 5.50. The summed E-state index contributed by atoms with van der Waals surface area (Å²) in [4.78, 5) is 20.6. The monoisotopic (exact) mass is 375 g/mol. The van der Waals surface area contributed by atoms with Gasteiger partial charge in [-0.25, -0.2) is 0 Å². The first-order valence-corrected chi connectivity index (χ1v) is 9.99. The van der Waals surface area contributed by atoms with Crippen molar-refractivity contribution in [1.82, 2.24) is 9.88 Å². The van der Waals surface area contributed by atoms with Gasteiger partial charge in [0.1, 0.15) is 11.7 Å².